The van der Waals surface area contributed by atoms with E-state index in [4.69, 9.17) is 0 Å². The molecule has 9 heteroatoms. The quantitative estimate of drug-likeness (QED) is 0.460. The largest absolute Gasteiger partial charge is 0.416 e. The van der Waals surface area contributed by atoms with Crippen LogP contribution in [-0.4, -0.2) is 22.8 Å². The number of halogens is 3. The van der Waals surface area contributed by atoms with E-state index in [0.29, 0.717) is 22.9 Å². The maximum absolute atomic E-state index is 12.9. The van der Waals surface area contributed by atoms with Crippen molar-refractivity contribution in [3.63, 3.8) is 0 Å². The van der Waals surface area contributed by atoms with Gasteiger partial charge in [-0.3, -0.25) is 9.59 Å². The van der Waals surface area contributed by atoms with Gasteiger partial charge >= 0.3 is 6.18 Å². The molecule has 2 aromatic carbocycles. The number of alkyl halides is 3. The summed E-state index contributed by atoms with van der Waals surface area (Å²) in [6.07, 6.45) is -0.746. The molecule has 1 saturated carbocycles. The summed E-state index contributed by atoms with van der Waals surface area (Å²) in [5, 5.41) is 8.57. The van der Waals surface area contributed by atoms with Crippen molar-refractivity contribution in [1.29, 1.82) is 0 Å². The van der Waals surface area contributed by atoms with E-state index < -0.39 is 23.6 Å². The van der Waals surface area contributed by atoms with Crippen molar-refractivity contribution in [3.05, 3.63) is 83.0 Å². The molecule has 1 fully saturated rings. The topological polar surface area (TPSA) is 83.1 Å². The monoisotopic (exact) mass is 454 g/mol. The maximum Gasteiger partial charge on any atom is 0.416 e. The van der Waals surface area contributed by atoms with Crippen molar-refractivity contribution in [1.82, 2.24) is 4.98 Å². The first-order chi connectivity index (χ1) is 15.7. The third kappa shape index (κ3) is 5.68. The molecule has 3 aromatic rings. The summed E-state index contributed by atoms with van der Waals surface area (Å²) < 4.78 is 38.8. The number of benzene rings is 2. The molecular weight excluding hydrogens is 433 g/mol. The van der Waals surface area contributed by atoms with Crippen LogP contribution < -0.4 is 16.0 Å². The summed E-state index contributed by atoms with van der Waals surface area (Å²) in [5.74, 6) is -0.363. The van der Waals surface area contributed by atoms with Crippen LogP contribution in [0.1, 0.15) is 44.7 Å². The molecule has 6 nitrogen and oxygen atoms in total. The van der Waals surface area contributed by atoms with Crippen LogP contribution in [0.5, 0.6) is 0 Å². The van der Waals surface area contributed by atoms with Gasteiger partial charge in [-0.25, -0.2) is 4.98 Å². The third-order valence-electron chi connectivity index (χ3n) is 5.14. The zero-order valence-corrected chi connectivity index (χ0v) is 17.7. The molecule has 3 N–H and O–H groups in total. The van der Waals surface area contributed by atoms with E-state index >= 15 is 0 Å². The summed E-state index contributed by atoms with van der Waals surface area (Å²) in [6, 6.07) is 12.8. The Kier molecular flexibility index (Phi) is 6.04. The van der Waals surface area contributed by atoms with Gasteiger partial charge < -0.3 is 16.0 Å². The summed E-state index contributed by atoms with van der Waals surface area (Å²) >= 11 is 0. The predicted octanol–water partition coefficient (Wildman–Crippen LogP) is 5.49. The number of nitrogens with zero attached hydrogens (tertiary/aromatic N) is 1. The number of carbonyl (C=O) groups excluding carboxylic acids is 2. The predicted molar refractivity (Wildman–Crippen MR) is 119 cm³/mol. The van der Waals surface area contributed by atoms with Gasteiger partial charge in [-0.2, -0.15) is 13.2 Å². The minimum absolute atomic E-state index is 0.137. The van der Waals surface area contributed by atoms with Crippen molar-refractivity contribution in [2.75, 3.05) is 16.0 Å². The van der Waals surface area contributed by atoms with Gasteiger partial charge in [0.25, 0.3) is 11.8 Å². The van der Waals surface area contributed by atoms with Crippen molar-refractivity contribution >= 4 is 29.0 Å². The zero-order valence-electron chi connectivity index (χ0n) is 17.7. The minimum atomic E-state index is -4.55. The minimum Gasteiger partial charge on any atom is -0.367 e. The number of rotatable bonds is 6. The van der Waals surface area contributed by atoms with Crippen LogP contribution in [0.4, 0.5) is 30.4 Å². The van der Waals surface area contributed by atoms with Gasteiger partial charge in [-0.1, -0.05) is 12.1 Å². The number of hydrogen-bond acceptors (Lipinski definition) is 4. The highest BCUT2D eigenvalue weighted by molar-refractivity contribution is 6.08. The Morgan fingerprint density at radius 2 is 1.67 bits per heavy atom. The lowest BCUT2D eigenvalue weighted by molar-refractivity contribution is -0.137. The Balaban J connectivity index is 1.45. The number of nitrogens with one attached hydrogen (secondary N) is 3. The number of anilines is 3. The van der Waals surface area contributed by atoms with E-state index in [1.54, 1.807) is 37.4 Å². The lowest BCUT2D eigenvalue weighted by Gasteiger charge is -2.12. The third-order valence-corrected chi connectivity index (χ3v) is 5.14. The van der Waals surface area contributed by atoms with Crippen LogP contribution in [0.25, 0.3) is 0 Å². The summed E-state index contributed by atoms with van der Waals surface area (Å²) in [6.45, 7) is 1.74. The molecule has 1 aliphatic carbocycles. The summed E-state index contributed by atoms with van der Waals surface area (Å²) in [5.41, 5.74) is 0.740. The first-order valence-corrected chi connectivity index (χ1v) is 10.3. The van der Waals surface area contributed by atoms with Gasteiger partial charge in [0.1, 0.15) is 5.82 Å². The molecule has 1 aliphatic rings. The number of aromatic nitrogens is 1. The van der Waals surface area contributed by atoms with E-state index in [0.717, 1.165) is 30.8 Å². The number of pyridine rings is 1. The lowest BCUT2D eigenvalue weighted by Crippen LogP contribution is -2.16. The highest BCUT2D eigenvalue weighted by Gasteiger charge is 2.31. The SMILES string of the molecule is Cc1ccc(NC(=O)c2cccc(C(F)(F)F)c2)cc1C(=O)Nc1ccc(NC2CC2)nc1. The molecule has 0 aliphatic heterocycles. The fourth-order valence-corrected chi connectivity index (χ4v) is 3.17. The molecular formula is C24H21F3N4O2. The standard InChI is InChI=1S/C24H21F3N4O2/c1-14-5-6-18(30-22(32)15-3-2-4-16(11-15)24(25,26)27)12-20(14)23(33)31-19-9-10-21(28-13-19)29-17-7-8-17/h2-6,9-13,17H,7-8H2,1H3,(H,28,29)(H,30,32)(H,31,33). The maximum atomic E-state index is 12.9. The molecule has 0 unspecified atom stereocenters. The van der Waals surface area contributed by atoms with Crippen LogP contribution in [0.15, 0.2) is 60.8 Å². The fourth-order valence-electron chi connectivity index (χ4n) is 3.17. The highest BCUT2D eigenvalue weighted by atomic mass is 19.4. The van der Waals surface area contributed by atoms with Gasteiger partial charge in [0.05, 0.1) is 17.4 Å². The van der Waals surface area contributed by atoms with E-state index in [1.165, 1.54) is 18.2 Å². The number of hydrogen-bond donors (Lipinski definition) is 3. The molecule has 0 radical (unpaired) electrons. The zero-order chi connectivity index (χ0) is 23.6. The molecule has 4 rings (SSSR count). The Bertz CT molecular complexity index is 1190. The first-order valence-electron chi connectivity index (χ1n) is 10.3. The van der Waals surface area contributed by atoms with Crippen LogP contribution in [0, 0.1) is 6.92 Å². The molecule has 33 heavy (non-hydrogen) atoms. The van der Waals surface area contributed by atoms with Gasteiger partial charge in [-0.05, 0) is 67.8 Å². The molecule has 0 atom stereocenters. The second-order valence-electron chi connectivity index (χ2n) is 7.87. The Morgan fingerprint density at radius 1 is 0.939 bits per heavy atom. The number of aryl methyl sites for hydroxylation is 1. The molecule has 0 bridgehead atoms. The van der Waals surface area contributed by atoms with Crippen molar-refractivity contribution < 1.29 is 22.8 Å². The van der Waals surface area contributed by atoms with Crippen molar-refractivity contribution in [3.8, 4) is 0 Å². The average Bonchev–Trinajstić information content (AvgIpc) is 3.60. The molecule has 1 aromatic heterocycles. The van der Waals surface area contributed by atoms with Gasteiger partial charge in [0, 0.05) is 22.9 Å². The molecule has 2 amide bonds. The van der Waals surface area contributed by atoms with Crippen molar-refractivity contribution in [2.24, 2.45) is 0 Å². The van der Waals surface area contributed by atoms with E-state index in [1.807, 2.05) is 0 Å². The summed E-state index contributed by atoms with van der Waals surface area (Å²) in [7, 11) is 0. The first kappa shape index (κ1) is 22.3. The molecule has 0 saturated heterocycles. The van der Waals surface area contributed by atoms with Crippen LogP contribution in [0.3, 0.4) is 0 Å². The smallest absolute Gasteiger partial charge is 0.367 e. The Morgan fingerprint density at radius 3 is 2.33 bits per heavy atom. The van der Waals surface area contributed by atoms with Crippen LogP contribution in [-0.2, 0) is 6.18 Å². The van der Waals surface area contributed by atoms with Crippen LogP contribution in [0.2, 0.25) is 0 Å². The van der Waals surface area contributed by atoms with Crippen molar-refractivity contribution in [2.45, 2.75) is 32.0 Å². The normalized spacial score (nSPS) is 13.3. The highest BCUT2D eigenvalue weighted by Crippen LogP contribution is 2.30. The van der Waals surface area contributed by atoms with E-state index in [9.17, 15) is 22.8 Å². The molecule has 170 valence electrons. The second-order valence-corrected chi connectivity index (χ2v) is 7.87. The van der Waals surface area contributed by atoms with Gasteiger partial charge in [0.15, 0.2) is 0 Å². The van der Waals surface area contributed by atoms with E-state index in [2.05, 4.69) is 20.9 Å². The Labute approximate surface area is 188 Å². The number of amides is 2. The number of carbonyl (C=O) groups is 2. The molecule has 0 spiro atoms. The average molecular weight is 454 g/mol. The van der Waals surface area contributed by atoms with E-state index in [-0.39, 0.29) is 11.3 Å². The van der Waals surface area contributed by atoms with Crippen LogP contribution >= 0.6 is 0 Å². The summed E-state index contributed by atoms with van der Waals surface area (Å²) in [4.78, 5) is 29.5. The lowest BCUT2D eigenvalue weighted by atomic mass is 10.1. The van der Waals surface area contributed by atoms with Gasteiger partial charge in [-0.15, -0.1) is 0 Å². The molecule has 1 heterocycles. The second kappa shape index (κ2) is 8.93. The fraction of sp³-hybridized carbons (Fsp3) is 0.208. The Hall–Kier alpha value is -3.88. The van der Waals surface area contributed by atoms with Gasteiger partial charge in [0.2, 0.25) is 0 Å².